The van der Waals surface area contributed by atoms with Crippen molar-refractivity contribution in [3.8, 4) is 0 Å². The van der Waals surface area contributed by atoms with Gasteiger partial charge in [0.15, 0.2) is 0 Å². The van der Waals surface area contributed by atoms with Gasteiger partial charge in [-0.2, -0.15) is 0 Å². The van der Waals surface area contributed by atoms with Crippen LogP contribution in [0.5, 0.6) is 0 Å². The van der Waals surface area contributed by atoms with E-state index in [0.29, 0.717) is 0 Å². The molecule has 0 spiro atoms. The summed E-state index contributed by atoms with van der Waals surface area (Å²) < 4.78 is 0. The quantitative estimate of drug-likeness (QED) is 0.827. The van der Waals surface area contributed by atoms with Gasteiger partial charge in [0.05, 0.1) is 0 Å². The van der Waals surface area contributed by atoms with Crippen molar-refractivity contribution in [2.24, 2.45) is 5.92 Å². The number of aromatic nitrogens is 1. The predicted octanol–water partition coefficient (Wildman–Crippen LogP) is 2.66. The summed E-state index contributed by atoms with van der Waals surface area (Å²) in [5, 5.41) is 6.67. The number of pyridine rings is 1. The first-order valence-corrected chi connectivity index (χ1v) is 7.41. The first kappa shape index (κ1) is 14.1. The highest BCUT2D eigenvalue weighted by molar-refractivity contribution is 5.44. The van der Waals surface area contributed by atoms with Crippen LogP contribution in [-0.2, 0) is 0 Å². The van der Waals surface area contributed by atoms with Crippen LogP contribution in [0.25, 0.3) is 0 Å². The molecule has 1 aromatic heterocycles. The summed E-state index contributed by atoms with van der Waals surface area (Å²) in [7, 11) is 2.21. The first-order chi connectivity index (χ1) is 9.28. The summed E-state index contributed by atoms with van der Waals surface area (Å²) in [5.74, 6) is 2.80. The number of hydrogen-bond acceptors (Lipinski definition) is 4. The standard InChI is InChI=1S/C15H26N4/c1-3-16-14-5-4-6-15(18-14)17-10-7-13-8-11-19(2)12-9-13/h4-6,13H,3,7-12H2,1-2H3,(H2,16,17,18). The molecule has 0 saturated carbocycles. The van der Waals surface area contributed by atoms with Crippen molar-refractivity contribution < 1.29 is 0 Å². The Kier molecular flexibility index (Phi) is 5.45. The van der Waals surface area contributed by atoms with Crippen molar-refractivity contribution >= 4 is 11.6 Å². The van der Waals surface area contributed by atoms with Gasteiger partial charge >= 0.3 is 0 Å². The average molecular weight is 262 g/mol. The Labute approximate surface area is 116 Å². The van der Waals surface area contributed by atoms with Gasteiger partial charge in [-0.1, -0.05) is 6.07 Å². The van der Waals surface area contributed by atoms with Crippen LogP contribution in [0, 0.1) is 5.92 Å². The predicted molar refractivity (Wildman–Crippen MR) is 81.7 cm³/mol. The monoisotopic (exact) mass is 262 g/mol. The lowest BCUT2D eigenvalue weighted by Gasteiger charge is -2.28. The Morgan fingerprint density at radius 1 is 1.21 bits per heavy atom. The van der Waals surface area contributed by atoms with Crippen molar-refractivity contribution in [1.29, 1.82) is 0 Å². The van der Waals surface area contributed by atoms with Crippen LogP contribution >= 0.6 is 0 Å². The second-order valence-electron chi connectivity index (χ2n) is 5.40. The second-order valence-corrected chi connectivity index (χ2v) is 5.40. The van der Waals surface area contributed by atoms with Gasteiger partial charge in [0.25, 0.3) is 0 Å². The molecule has 4 nitrogen and oxygen atoms in total. The Morgan fingerprint density at radius 3 is 2.58 bits per heavy atom. The van der Waals surface area contributed by atoms with Crippen LogP contribution in [0.2, 0.25) is 0 Å². The Morgan fingerprint density at radius 2 is 1.89 bits per heavy atom. The van der Waals surface area contributed by atoms with Crippen molar-refractivity contribution in [3.05, 3.63) is 18.2 Å². The minimum absolute atomic E-state index is 0.876. The fourth-order valence-corrected chi connectivity index (χ4v) is 2.57. The minimum Gasteiger partial charge on any atom is -0.370 e. The molecule has 1 aliphatic heterocycles. The molecule has 106 valence electrons. The normalized spacial score (nSPS) is 17.4. The molecule has 1 aromatic rings. The SMILES string of the molecule is CCNc1cccc(NCCC2CCN(C)CC2)n1. The fraction of sp³-hybridized carbons (Fsp3) is 0.667. The Bertz CT molecular complexity index is 372. The fourth-order valence-electron chi connectivity index (χ4n) is 2.57. The van der Waals surface area contributed by atoms with Crippen molar-refractivity contribution in [1.82, 2.24) is 9.88 Å². The topological polar surface area (TPSA) is 40.2 Å². The van der Waals surface area contributed by atoms with Gasteiger partial charge in [-0.25, -0.2) is 4.98 Å². The maximum Gasteiger partial charge on any atom is 0.128 e. The van der Waals surface area contributed by atoms with Gasteiger partial charge in [0.1, 0.15) is 11.6 Å². The van der Waals surface area contributed by atoms with Crippen LogP contribution in [0.1, 0.15) is 26.2 Å². The molecule has 0 aliphatic carbocycles. The molecule has 2 rings (SSSR count). The lowest BCUT2D eigenvalue weighted by Crippen LogP contribution is -2.30. The van der Waals surface area contributed by atoms with Crippen molar-refractivity contribution in [2.45, 2.75) is 26.2 Å². The Balaban J connectivity index is 1.71. The highest BCUT2D eigenvalue weighted by atomic mass is 15.1. The molecule has 4 heteroatoms. The molecule has 1 fully saturated rings. The first-order valence-electron chi connectivity index (χ1n) is 7.41. The summed E-state index contributed by atoms with van der Waals surface area (Å²) in [6, 6.07) is 6.09. The van der Waals surface area contributed by atoms with E-state index in [4.69, 9.17) is 0 Å². The zero-order valence-electron chi connectivity index (χ0n) is 12.2. The summed E-state index contributed by atoms with van der Waals surface area (Å²) >= 11 is 0. The van der Waals surface area contributed by atoms with Gasteiger partial charge in [-0.3, -0.25) is 0 Å². The molecule has 2 heterocycles. The number of likely N-dealkylation sites (tertiary alicyclic amines) is 1. The lowest BCUT2D eigenvalue weighted by molar-refractivity contribution is 0.215. The summed E-state index contributed by atoms with van der Waals surface area (Å²) in [6.07, 6.45) is 3.92. The number of rotatable bonds is 6. The molecule has 0 unspecified atom stereocenters. The van der Waals surface area contributed by atoms with Crippen LogP contribution in [0.4, 0.5) is 11.6 Å². The molecule has 0 radical (unpaired) electrons. The third kappa shape index (κ3) is 4.71. The summed E-state index contributed by atoms with van der Waals surface area (Å²) in [5.41, 5.74) is 0. The second kappa shape index (κ2) is 7.34. The molecule has 0 aromatic carbocycles. The van der Waals surface area contributed by atoms with E-state index in [1.807, 2.05) is 18.2 Å². The van der Waals surface area contributed by atoms with Gasteiger partial charge < -0.3 is 15.5 Å². The summed E-state index contributed by atoms with van der Waals surface area (Å²) in [6.45, 7) is 6.52. The Hall–Kier alpha value is -1.29. The van der Waals surface area contributed by atoms with Crippen LogP contribution < -0.4 is 10.6 Å². The largest absolute Gasteiger partial charge is 0.370 e. The molecule has 1 aliphatic rings. The number of nitrogens with one attached hydrogen (secondary N) is 2. The maximum absolute atomic E-state index is 4.53. The van der Waals surface area contributed by atoms with E-state index in [1.165, 1.54) is 32.4 Å². The highest BCUT2D eigenvalue weighted by Gasteiger charge is 2.15. The van der Waals surface area contributed by atoms with Gasteiger partial charge in [0, 0.05) is 13.1 Å². The van der Waals surface area contributed by atoms with Crippen LogP contribution in [0.3, 0.4) is 0 Å². The molecule has 0 bridgehead atoms. The molecule has 19 heavy (non-hydrogen) atoms. The smallest absolute Gasteiger partial charge is 0.128 e. The number of anilines is 2. The van der Waals surface area contributed by atoms with E-state index in [9.17, 15) is 0 Å². The van der Waals surface area contributed by atoms with E-state index in [-0.39, 0.29) is 0 Å². The maximum atomic E-state index is 4.53. The van der Waals surface area contributed by atoms with Gasteiger partial charge in [-0.15, -0.1) is 0 Å². The molecular formula is C15H26N4. The van der Waals surface area contributed by atoms with Crippen molar-refractivity contribution in [2.75, 3.05) is 43.9 Å². The molecular weight excluding hydrogens is 236 g/mol. The highest BCUT2D eigenvalue weighted by Crippen LogP contribution is 2.19. The number of hydrogen-bond donors (Lipinski definition) is 2. The van der Waals surface area contributed by atoms with E-state index in [1.54, 1.807) is 0 Å². The van der Waals surface area contributed by atoms with Crippen LogP contribution in [0.15, 0.2) is 18.2 Å². The average Bonchev–Trinajstić information content (AvgIpc) is 2.42. The van der Waals surface area contributed by atoms with E-state index in [0.717, 1.165) is 30.6 Å². The zero-order chi connectivity index (χ0) is 13.5. The summed E-state index contributed by atoms with van der Waals surface area (Å²) in [4.78, 5) is 6.95. The number of nitrogens with zero attached hydrogens (tertiary/aromatic N) is 2. The van der Waals surface area contributed by atoms with Crippen molar-refractivity contribution in [3.63, 3.8) is 0 Å². The molecule has 0 amide bonds. The van der Waals surface area contributed by atoms with E-state index in [2.05, 4.69) is 34.5 Å². The lowest BCUT2D eigenvalue weighted by atomic mass is 9.94. The van der Waals surface area contributed by atoms with Crippen LogP contribution in [-0.4, -0.2) is 43.1 Å². The van der Waals surface area contributed by atoms with E-state index >= 15 is 0 Å². The van der Waals surface area contributed by atoms with Gasteiger partial charge in [0.2, 0.25) is 0 Å². The molecule has 1 saturated heterocycles. The number of piperidine rings is 1. The minimum atomic E-state index is 0.876. The van der Waals surface area contributed by atoms with Gasteiger partial charge in [-0.05, 0) is 64.4 Å². The van der Waals surface area contributed by atoms with E-state index < -0.39 is 0 Å². The zero-order valence-corrected chi connectivity index (χ0v) is 12.2. The third-order valence-electron chi connectivity index (χ3n) is 3.80. The molecule has 0 atom stereocenters. The molecule has 2 N–H and O–H groups in total. The third-order valence-corrected chi connectivity index (χ3v) is 3.80.